The lowest BCUT2D eigenvalue weighted by Crippen LogP contribution is -2.47. The molecule has 1 aromatic heterocycles. The summed E-state index contributed by atoms with van der Waals surface area (Å²) in [5.41, 5.74) is 0.847. The van der Waals surface area contributed by atoms with Crippen molar-refractivity contribution < 1.29 is 14.0 Å². The molecule has 1 aliphatic rings. The predicted molar refractivity (Wildman–Crippen MR) is 95.4 cm³/mol. The molecule has 2 aromatic rings. The number of carbonyl (C=O) groups is 2. The number of piperidine rings is 1. The summed E-state index contributed by atoms with van der Waals surface area (Å²) in [7, 11) is 0. The van der Waals surface area contributed by atoms with Crippen molar-refractivity contribution in [2.24, 2.45) is 5.92 Å². The van der Waals surface area contributed by atoms with Gasteiger partial charge in [-0.3, -0.25) is 9.59 Å². The molecule has 0 saturated carbocycles. The van der Waals surface area contributed by atoms with E-state index in [-0.39, 0.29) is 35.3 Å². The van der Waals surface area contributed by atoms with Crippen molar-refractivity contribution in [2.45, 2.75) is 32.7 Å². The van der Waals surface area contributed by atoms with Gasteiger partial charge in [0.2, 0.25) is 5.91 Å². The maximum Gasteiger partial charge on any atom is 0.272 e. The Kier molecular flexibility index (Phi) is 5.35. The van der Waals surface area contributed by atoms with Crippen LogP contribution in [-0.4, -0.2) is 45.6 Å². The SMILES string of the molecule is CC(C)C(=O)N1CCC(NC(=O)c2ccn(-c3cccc(F)c3)n2)CC1. The molecule has 6 nitrogen and oxygen atoms in total. The highest BCUT2D eigenvalue weighted by Gasteiger charge is 2.25. The number of amides is 2. The molecule has 26 heavy (non-hydrogen) atoms. The van der Waals surface area contributed by atoms with Gasteiger partial charge in [0, 0.05) is 31.2 Å². The summed E-state index contributed by atoms with van der Waals surface area (Å²) in [6.07, 6.45) is 3.09. The lowest BCUT2D eigenvalue weighted by atomic mass is 10.0. The van der Waals surface area contributed by atoms with Gasteiger partial charge in [0.05, 0.1) is 5.69 Å². The summed E-state index contributed by atoms with van der Waals surface area (Å²) < 4.78 is 14.8. The minimum atomic E-state index is -0.355. The number of halogens is 1. The zero-order valence-electron chi connectivity index (χ0n) is 15.0. The van der Waals surface area contributed by atoms with Gasteiger partial charge in [0.1, 0.15) is 5.82 Å². The average molecular weight is 358 g/mol. The molecule has 1 fully saturated rings. The van der Waals surface area contributed by atoms with Gasteiger partial charge in [-0.05, 0) is 37.1 Å². The zero-order valence-corrected chi connectivity index (χ0v) is 15.0. The van der Waals surface area contributed by atoms with Crippen molar-refractivity contribution in [3.05, 3.63) is 48.0 Å². The molecule has 2 amide bonds. The number of carbonyl (C=O) groups excluding carboxylic acids is 2. The number of nitrogens with one attached hydrogen (secondary N) is 1. The predicted octanol–water partition coefficient (Wildman–Crippen LogP) is 2.39. The van der Waals surface area contributed by atoms with Crippen LogP contribution in [0.5, 0.6) is 0 Å². The standard InChI is InChI=1S/C19H23FN4O2/c1-13(2)19(26)23-9-6-15(7-10-23)21-18(25)17-8-11-24(22-17)16-5-3-4-14(20)12-16/h3-5,8,11-13,15H,6-7,9-10H2,1-2H3,(H,21,25). The Morgan fingerprint density at radius 1 is 1.23 bits per heavy atom. The van der Waals surface area contributed by atoms with Gasteiger partial charge in [-0.2, -0.15) is 5.10 Å². The molecule has 0 bridgehead atoms. The highest BCUT2D eigenvalue weighted by Crippen LogP contribution is 2.14. The van der Waals surface area contributed by atoms with Crippen molar-refractivity contribution >= 4 is 11.8 Å². The fraction of sp³-hybridized carbons (Fsp3) is 0.421. The van der Waals surface area contributed by atoms with Gasteiger partial charge >= 0.3 is 0 Å². The summed E-state index contributed by atoms with van der Waals surface area (Å²) in [6, 6.07) is 7.67. The number of hydrogen-bond donors (Lipinski definition) is 1. The summed E-state index contributed by atoms with van der Waals surface area (Å²) in [6.45, 7) is 5.09. The van der Waals surface area contributed by atoms with Crippen molar-refractivity contribution in [3.8, 4) is 5.69 Å². The number of aromatic nitrogens is 2. The van der Waals surface area contributed by atoms with Crippen LogP contribution >= 0.6 is 0 Å². The van der Waals surface area contributed by atoms with E-state index in [1.54, 1.807) is 24.4 Å². The first kappa shape index (κ1) is 18.1. The highest BCUT2D eigenvalue weighted by molar-refractivity contribution is 5.92. The normalized spacial score (nSPS) is 15.3. The fourth-order valence-corrected chi connectivity index (χ4v) is 3.08. The van der Waals surface area contributed by atoms with E-state index < -0.39 is 0 Å². The van der Waals surface area contributed by atoms with Gasteiger partial charge in [-0.25, -0.2) is 9.07 Å². The Hall–Kier alpha value is -2.70. The smallest absolute Gasteiger partial charge is 0.272 e. The maximum absolute atomic E-state index is 13.3. The third-order valence-corrected chi connectivity index (χ3v) is 4.53. The second kappa shape index (κ2) is 7.68. The second-order valence-corrected chi connectivity index (χ2v) is 6.85. The Balaban J connectivity index is 1.57. The van der Waals surface area contributed by atoms with Gasteiger partial charge in [0.15, 0.2) is 5.69 Å². The molecule has 2 heterocycles. The number of hydrogen-bond acceptors (Lipinski definition) is 3. The third-order valence-electron chi connectivity index (χ3n) is 4.53. The largest absolute Gasteiger partial charge is 0.348 e. The van der Waals surface area contributed by atoms with Crippen molar-refractivity contribution in [2.75, 3.05) is 13.1 Å². The van der Waals surface area contributed by atoms with Crippen LogP contribution in [0.4, 0.5) is 4.39 Å². The molecule has 1 saturated heterocycles. The third kappa shape index (κ3) is 4.09. The first-order chi connectivity index (χ1) is 12.4. The van der Waals surface area contributed by atoms with E-state index in [0.717, 1.165) is 12.8 Å². The molecule has 3 rings (SSSR count). The molecule has 0 aliphatic carbocycles. The number of rotatable bonds is 4. The van der Waals surface area contributed by atoms with Crippen LogP contribution in [0.15, 0.2) is 36.5 Å². The zero-order chi connectivity index (χ0) is 18.7. The molecule has 0 radical (unpaired) electrons. The molecule has 0 spiro atoms. The van der Waals surface area contributed by atoms with E-state index in [0.29, 0.717) is 18.8 Å². The summed E-state index contributed by atoms with van der Waals surface area (Å²) in [4.78, 5) is 26.3. The Bertz CT molecular complexity index is 794. The topological polar surface area (TPSA) is 67.2 Å². The van der Waals surface area contributed by atoms with Crippen LogP contribution in [0.1, 0.15) is 37.2 Å². The van der Waals surface area contributed by atoms with Gasteiger partial charge < -0.3 is 10.2 Å². The average Bonchev–Trinajstić information content (AvgIpc) is 3.12. The molecule has 1 N–H and O–H groups in total. The van der Waals surface area contributed by atoms with E-state index in [9.17, 15) is 14.0 Å². The molecular formula is C19H23FN4O2. The van der Waals surface area contributed by atoms with Gasteiger partial charge in [-0.15, -0.1) is 0 Å². The Morgan fingerprint density at radius 3 is 2.62 bits per heavy atom. The number of benzene rings is 1. The summed E-state index contributed by atoms with van der Waals surface area (Å²) in [5, 5.41) is 7.20. The minimum absolute atomic E-state index is 0.00655. The van der Waals surface area contributed by atoms with Crippen molar-refractivity contribution in [1.29, 1.82) is 0 Å². The maximum atomic E-state index is 13.3. The van der Waals surface area contributed by atoms with Crippen LogP contribution < -0.4 is 5.32 Å². The van der Waals surface area contributed by atoms with Crippen LogP contribution in [-0.2, 0) is 4.79 Å². The molecule has 0 unspecified atom stereocenters. The van der Waals surface area contributed by atoms with E-state index in [1.807, 2.05) is 18.7 Å². The van der Waals surface area contributed by atoms with Crippen LogP contribution in [0.25, 0.3) is 5.69 Å². The first-order valence-electron chi connectivity index (χ1n) is 8.85. The number of likely N-dealkylation sites (tertiary alicyclic amines) is 1. The molecular weight excluding hydrogens is 335 g/mol. The van der Waals surface area contributed by atoms with Crippen LogP contribution in [0, 0.1) is 11.7 Å². The first-order valence-corrected chi connectivity index (χ1v) is 8.85. The fourth-order valence-electron chi connectivity index (χ4n) is 3.08. The van der Waals surface area contributed by atoms with E-state index in [2.05, 4.69) is 10.4 Å². The molecule has 7 heteroatoms. The molecule has 138 valence electrons. The van der Waals surface area contributed by atoms with E-state index >= 15 is 0 Å². The highest BCUT2D eigenvalue weighted by atomic mass is 19.1. The van der Waals surface area contributed by atoms with Gasteiger partial charge in [-0.1, -0.05) is 19.9 Å². The van der Waals surface area contributed by atoms with Crippen LogP contribution in [0.3, 0.4) is 0 Å². The Labute approximate surface area is 152 Å². The summed E-state index contributed by atoms with van der Waals surface area (Å²) >= 11 is 0. The molecule has 0 atom stereocenters. The molecule has 1 aliphatic heterocycles. The van der Waals surface area contributed by atoms with E-state index in [4.69, 9.17) is 0 Å². The number of nitrogens with zero attached hydrogens (tertiary/aromatic N) is 3. The Morgan fingerprint density at radius 2 is 1.96 bits per heavy atom. The van der Waals surface area contributed by atoms with Crippen molar-refractivity contribution in [1.82, 2.24) is 20.0 Å². The second-order valence-electron chi connectivity index (χ2n) is 6.85. The summed E-state index contributed by atoms with van der Waals surface area (Å²) in [5.74, 6) is -0.461. The monoisotopic (exact) mass is 358 g/mol. The van der Waals surface area contributed by atoms with Crippen molar-refractivity contribution in [3.63, 3.8) is 0 Å². The van der Waals surface area contributed by atoms with E-state index in [1.165, 1.54) is 16.8 Å². The lowest BCUT2D eigenvalue weighted by molar-refractivity contribution is -0.135. The lowest BCUT2D eigenvalue weighted by Gasteiger charge is -2.33. The minimum Gasteiger partial charge on any atom is -0.348 e. The quantitative estimate of drug-likeness (QED) is 0.913. The van der Waals surface area contributed by atoms with Gasteiger partial charge in [0.25, 0.3) is 5.91 Å². The molecule has 1 aromatic carbocycles. The van der Waals surface area contributed by atoms with Crippen LogP contribution in [0.2, 0.25) is 0 Å².